The van der Waals surface area contributed by atoms with E-state index in [1.807, 2.05) is 18.2 Å². The molecule has 1 N–H and O–H groups in total. The lowest BCUT2D eigenvalue weighted by Gasteiger charge is -2.34. The molecule has 1 aliphatic rings. The summed E-state index contributed by atoms with van der Waals surface area (Å²) >= 11 is 0. The second-order valence-electron chi connectivity index (χ2n) is 5.16. The Balaban J connectivity index is 1.55. The van der Waals surface area contributed by atoms with Gasteiger partial charge in [-0.3, -0.25) is 14.6 Å². The first-order chi connectivity index (χ1) is 11.2. The van der Waals surface area contributed by atoms with E-state index in [4.69, 9.17) is 0 Å². The summed E-state index contributed by atoms with van der Waals surface area (Å²) in [5.41, 5.74) is 0.512. The SMILES string of the molecule is O=C(Nc1cccnc1)C(=O)N1CCN(c2ccccn2)CC1. The Morgan fingerprint density at radius 3 is 2.48 bits per heavy atom. The van der Waals surface area contributed by atoms with Crippen LogP contribution in [0.5, 0.6) is 0 Å². The highest BCUT2D eigenvalue weighted by Gasteiger charge is 2.26. The number of piperazine rings is 1. The Hall–Kier alpha value is -2.96. The van der Waals surface area contributed by atoms with Crippen LogP contribution in [-0.2, 0) is 9.59 Å². The fraction of sp³-hybridized carbons (Fsp3) is 0.250. The maximum absolute atomic E-state index is 12.2. The smallest absolute Gasteiger partial charge is 0.313 e. The predicted octanol–water partition coefficient (Wildman–Crippen LogP) is 0.764. The van der Waals surface area contributed by atoms with Crippen molar-refractivity contribution in [3.63, 3.8) is 0 Å². The first-order valence-corrected chi connectivity index (χ1v) is 7.40. The second kappa shape index (κ2) is 6.87. The Labute approximate surface area is 134 Å². The van der Waals surface area contributed by atoms with E-state index in [1.165, 1.54) is 6.20 Å². The molecule has 0 aliphatic carbocycles. The second-order valence-corrected chi connectivity index (χ2v) is 5.16. The molecule has 0 saturated carbocycles. The van der Waals surface area contributed by atoms with Crippen LogP contribution in [-0.4, -0.2) is 52.9 Å². The molecule has 3 rings (SSSR count). The number of carbonyl (C=O) groups excluding carboxylic acids is 2. The Morgan fingerprint density at radius 2 is 1.83 bits per heavy atom. The van der Waals surface area contributed by atoms with Crippen molar-refractivity contribution in [2.75, 3.05) is 36.4 Å². The van der Waals surface area contributed by atoms with E-state index in [0.29, 0.717) is 31.9 Å². The van der Waals surface area contributed by atoms with Crippen molar-refractivity contribution >= 4 is 23.3 Å². The predicted molar refractivity (Wildman–Crippen MR) is 85.9 cm³/mol. The zero-order chi connectivity index (χ0) is 16.1. The topological polar surface area (TPSA) is 78.4 Å². The van der Waals surface area contributed by atoms with E-state index in [1.54, 1.807) is 29.4 Å². The summed E-state index contributed by atoms with van der Waals surface area (Å²) < 4.78 is 0. The maximum atomic E-state index is 12.2. The number of carbonyl (C=O) groups is 2. The first kappa shape index (κ1) is 15.0. The van der Waals surface area contributed by atoms with E-state index < -0.39 is 11.8 Å². The number of amides is 2. The first-order valence-electron chi connectivity index (χ1n) is 7.40. The minimum absolute atomic E-state index is 0.496. The maximum Gasteiger partial charge on any atom is 0.313 e. The Morgan fingerprint density at radius 1 is 1.00 bits per heavy atom. The number of aromatic nitrogens is 2. The van der Waals surface area contributed by atoms with Crippen molar-refractivity contribution < 1.29 is 9.59 Å². The van der Waals surface area contributed by atoms with Crippen LogP contribution in [0.1, 0.15) is 0 Å². The van der Waals surface area contributed by atoms with Gasteiger partial charge in [0.05, 0.1) is 11.9 Å². The van der Waals surface area contributed by atoms with E-state index in [9.17, 15) is 9.59 Å². The summed E-state index contributed by atoms with van der Waals surface area (Å²) in [5, 5.41) is 2.56. The zero-order valence-electron chi connectivity index (χ0n) is 12.6. The Bertz CT molecular complexity index is 669. The molecular formula is C16H17N5O2. The molecule has 0 unspecified atom stereocenters. The van der Waals surface area contributed by atoms with Gasteiger partial charge in [0.15, 0.2) is 0 Å². The fourth-order valence-corrected chi connectivity index (χ4v) is 2.44. The number of hydrogen-bond donors (Lipinski definition) is 1. The molecule has 0 aromatic carbocycles. The number of anilines is 2. The van der Waals surface area contributed by atoms with Gasteiger partial charge in [0.1, 0.15) is 5.82 Å². The van der Waals surface area contributed by atoms with Crippen LogP contribution in [0, 0.1) is 0 Å². The molecule has 1 aliphatic heterocycles. The van der Waals surface area contributed by atoms with Crippen LogP contribution < -0.4 is 10.2 Å². The molecule has 0 atom stereocenters. The quantitative estimate of drug-likeness (QED) is 0.829. The van der Waals surface area contributed by atoms with E-state index in [-0.39, 0.29) is 0 Å². The summed E-state index contributed by atoms with van der Waals surface area (Å²) in [5.74, 6) is -0.266. The molecule has 0 bridgehead atoms. The van der Waals surface area contributed by atoms with Gasteiger partial charge in [-0.25, -0.2) is 4.98 Å². The van der Waals surface area contributed by atoms with Crippen LogP contribution in [0.25, 0.3) is 0 Å². The average molecular weight is 311 g/mol. The third kappa shape index (κ3) is 3.63. The van der Waals surface area contributed by atoms with Gasteiger partial charge in [0, 0.05) is 38.6 Å². The van der Waals surface area contributed by atoms with E-state index in [2.05, 4.69) is 20.2 Å². The number of rotatable bonds is 2. The van der Waals surface area contributed by atoms with Crippen LogP contribution in [0.15, 0.2) is 48.9 Å². The third-order valence-electron chi connectivity index (χ3n) is 3.65. The van der Waals surface area contributed by atoms with Gasteiger partial charge in [0.25, 0.3) is 0 Å². The average Bonchev–Trinajstić information content (AvgIpc) is 2.63. The number of nitrogens with zero attached hydrogens (tertiary/aromatic N) is 4. The third-order valence-corrected chi connectivity index (χ3v) is 3.65. The lowest BCUT2D eigenvalue weighted by atomic mass is 10.3. The molecule has 7 nitrogen and oxygen atoms in total. The summed E-state index contributed by atoms with van der Waals surface area (Å²) in [6.45, 7) is 2.30. The zero-order valence-corrected chi connectivity index (χ0v) is 12.6. The highest BCUT2D eigenvalue weighted by Crippen LogP contribution is 2.13. The van der Waals surface area contributed by atoms with Gasteiger partial charge in [0.2, 0.25) is 0 Å². The van der Waals surface area contributed by atoms with Gasteiger partial charge in [-0.1, -0.05) is 6.07 Å². The minimum atomic E-state index is -0.635. The van der Waals surface area contributed by atoms with Crippen molar-refractivity contribution in [3.05, 3.63) is 48.9 Å². The van der Waals surface area contributed by atoms with Gasteiger partial charge in [-0.05, 0) is 24.3 Å². The van der Waals surface area contributed by atoms with Crippen molar-refractivity contribution in [2.45, 2.75) is 0 Å². The van der Waals surface area contributed by atoms with Crippen molar-refractivity contribution in [1.29, 1.82) is 0 Å². The summed E-state index contributed by atoms with van der Waals surface area (Å²) in [7, 11) is 0. The molecule has 1 fully saturated rings. The molecular weight excluding hydrogens is 294 g/mol. The van der Waals surface area contributed by atoms with Crippen LogP contribution in [0.2, 0.25) is 0 Å². The number of pyridine rings is 2. The van der Waals surface area contributed by atoms with Crippen molar-refractivity contribution in [1.82, 2.24) is 14.9 Å². The number of hydrogen-bond acceptors (Lipinski definition) is 5. The summed E-state index contributed by atoms with van der Waals surface area (Å²) in [6, 6.07) is 9.13. The largest absolute Gasteiger partial charge is 0.353 e. The van der Waals surface area contributed by atoms with Crippen LogP contribution in [0.3, 0.4) is 0 Å². The van der Waals surface area contributed by atoms with Crippen LogP contribution in [0.4, 0.5) is 11.5 Å². The van der Waals surface area contributed by atoms with Crippen molar-refractivity contribution in [3.8, 4) is 0 Å². The van der Waals surface area contributed by atoms with Gasteiger partial charge in [-0.2, -0.15) is 0 Å². The standard InChI is InChI=1S/C16H17N5O2/c22-15(19-13-4-3-6-17-12-13)16(23)21-10-8-20(9-11-21)14-5-1-2-7-18-14/h1-7,12H,8-11H2,(H,19,22). The molecule has 118 valence electrons. The lowest BCUT2D eigenvalue weighted by Crippen LogP contribution is -2.51. The highest BCUT2D eigenvalue weighted by atomic mass is 16.2. The summed E-state index contributed by atoms with van der Waals surface area (Å²) in [4.78, 5) is 36.1. The normalized spacial score (nSPS) is 14.4. The highest BCUT2D eigenvalue weighted by molar-refractivity contribution is 6.39. The molecule has 7 heteroatoms. The molecule has 23 heavy (non-hydrogen) atoms. The monoisotopic (exact) mass is 311 g/mol. The fourth-order valence-electron chi connectivity index (χ4n) is 2.44. The molecule has 2 aromatic rings. The van der Waals surface area contributed by atoms with E-state index >= 15 is 0 Å². The van der Waals surface area contributed by atoms with Gasteiger partial charge >= 0.3 is 11.8 Å². The molecule has 0 radical (unpaired) electrons. The Kier molecular flexibility index (Phi) is 4.46. The molecule has 0 spiro atoms. The lowest BCUT2D eigenvalue weighted by molar-refractivity contribution is -0.143. The molecule has 3 heterocycles. The molecule has 1 saturated heterocycles. The van der Waals surface area contributed by atoms with Gasteiger partial charge in [-0.15, -0.1) is 0 Å². The molecule has 2 aromatic heterocycles. The molecule has 2 amide bonds. The summed E-state index contributed by atoms with van der Waals surface area (Å²) in [6.07, 6.45) is 4.85. The number of nitrogens with one attached hydrogen (secondary N) is 1. The van der Waals surface area contributed by atoms with E-state index in [0.717, 1.165) is 5.82 Å². The van der Waals surface area contributed by atoms with Crippen molar-refractivity contribution in [2.24, 2.45) is 0 Å². The van der Waals surface area contributed by atoms with Crippen LogP contribution >= 0.6 is 0 Å². The van der Waals surface area contributed by atoms with Gasteiger partial charge < -0.3 is 15.1 Å². The minimum Gasteiger partial charge on any atom is -0.353 e.